The lowest BCUT2D eigenvalue weighted by molar-refractivity contribution is -0.122. The predicted molar refractivity (Wildman–Crippen MR) is 137 cm³/mol. The highest BCUT2D eigenvalue weighted by molar-refractivity contribution is 8.26. The van der Waals surface area contributed by atoms with Crippen LogP contribution in [-0.4, -0.2) is 37.6 Å². The number of aryl methyl sites for hydroxylation is 1. The number of benzene rings is 1. The van der Waals surface area contributed by atoms with Crippen LogP contribution in [-0.2, 0) is 11.3 Å². The number of fused-ring (bicyclic) bond motifs is 1. The first-order valence-corrected chi connectivity index (χ1v) is 12.3. The van der Waals surface area contributed by atoms with E-state index < -0.39 is 0 Å². The van der Waals surface area contributed by atoms with Crippen molar-refractivity contribution < 1.29 is 4.79 Å². The smallest absolute Gasteiger partial charge is 0.267 e. The second kappa shape index (κ2) is 9.11. The van der Waals surface area contributed by atoms with Crippen LogP contribution in [0.15, 0.2) is 58.4 Å². The average molecular weight is 477 g/mol. The van der Waals surface area contributed by atoms with Gasteiger partial charge in [0, 0.05) is 19.3 Å². The summed E-state index contributed by atoms with van der Waals surface area (Å²) in [6.45, 7) is 4.15. The molecular weight excluding hydrogens is 452 g/mol. The van der Waals surface area contributed by atoms with E-state index >= 15 is 0 Å². The summed E-state index contributed by atoms with van der Waals surface area (Å²) in [5, 5.41) is 0. The van der Waals surface area contributed by atoms with Gasteiger partial charge < -0.3 is 4.90 Å². The molecule has 2 aliphatic rings. The number of piperidine rings is 1. The Morgan fingerprint density at radius 2 is 1.82 bits per heavy atom. The van der Waals surface area contributed by atoms with E-state index in [-0.39, 0.29) is 11.5 Å². The zero-order valence-corrected chi connectivity index (χ0v) is 20.0. The minimum atomic E-state index is -0.176. The fraction of sp³-hybridized carbons (Fsp3) is 0.280. The zero-order valence-electron chi connectivity index (χ0n) is 18.4. The molecular formula is C25H24N4O2S2. The quantitative estimate of drug-likeness (QED) is 0.411. The van der Waals surface area contributed by atoms with Gasteiger partial charge >= 0.3 is 0 Å². The highest BCUT2D eigenvalue weighted by Gasteiger charge is 2.33. The van der Waals surface area contributed by atoms with E-state index in [0.29, 0.717) is 32.8 Å². The van der Waals surface area contributed by atoms with E-state index in [0.717, 1.165) is 31.5 Å². The number of carbonyl (C=O) groups excluding carboxylic acids is 1. The Morgan fingerprint density at radius 1 is 1.06 bits per heavy atom. The lowest BCUT2D eigenvalue weighted by Crippen LogP contribution is -2.33. The number of amides is 1. The number of pyridine rings is 1. The molecule has 0 radical (unpaired) electrons. The molecule has 0 spiro atoms. The van der Waals surface area contributed by atoms with Gasteiger partial charge in [-0.25, -0.2) is 4.98 Å². The van der Waals surface area contributed by atoms with Crippen LogP contribution >= 0.6 is 24.0 Å². The Kier molecular flexibility index (Phi) is 6.03. The molecule has 1 amide bonds. The van der Waals surface area contributed by atoms with Gasteiger partial charge in [0.2, 0.25) is 0 Å². The first kappa shape index (κ1) is 21.9. The normalized spacial score (nSPS) is 18.0. The van der Waals surface area contributed by atoms with Crippen molar-refractivity contribution in [3.05, 3.63) is 80.6 Å². The summed E-state index contributed by atoms with van der Waals surface area (Å²) in [5.41, 5.74) is 3.05. The maximum atomic E-state index is 13.5. The molecule has 0 unspecified atom stereocenters. The van der Waals surface area contributed by atoms with Gasteiger partial charge in [-0.05, 0) is 50.0 Å². The number of carbonyl (C=O) groups is 1. The molecule has 0 saturated carbocycles. The van der Waals surface area contributed by atoms with Crippen LogP contribution in [0.25, 0.3) is 11.7 Å². The summed E-state index contributed by atoms with van der Waals surface area (Å²) in [4.78, 5) is 35.8. The summed E-state index contributed by atoms with van der Waals surface area (Å²) in [6.07, 6.45) is 6.70. The van der Waals surface area contributed by atoms with Gasteiger partial charge in [0.25, 0.3) is 11.5 Å². The van der Waals surface area contributed by atoms with E-state index in [2.05, 4.69) is 4.90 Å². The first-order valence-electron chi connectivity index (χ1n) is 11.1. The van der Waals surface area contributed by atoms with Crippen LogP contribution in [0, 0.1) is 6.92 Å². The molecule has 2 saturated heterocycles. The largest absolute Gasteiger partial charge is 0.356 e. The second-order valence-electron chi connectivity index (χ2n) is 8.38. The van der Waals surface area contributed by atoms with Crippen molar-refractivity contribution >= 4 is 51.7 Å². The number of thiocarbonyl (C=S) groups is 1. The molecule has 3 aromatic rings. The third-order valence-electron chi connectivity index (χ3n) is 6.01. The standard InChI is InChI=1S/C25H24N4O2S2/c1-17-8-10-18(11-9-17)16-29-24(31)20(33-25(29)32)15-19-22(27-12-4-2-5-13-27)26-21-7-3-6-14-28(21)23(19)30/h3,6-11,14-15H,2,4-5,12-13,16H2,1H3/b20-15-. The minimum Gasteiger partial charge on any atom is -0.356 e. The van der Waals surface area contributed by atoms with Gasteiger partial charge in [-0.15, -0.1) is 0 Å². The third kappa shape index (κ3) is 4.32. The molecule has 0 bridgehead atoms. The number of rotatable bonds is 4. The van der Waals surface area contributed by atoms with Gasteiger partial charge in [0.1, 0.15) is 15.8 Å². The van der Waals surface area contributed by atoms with Crippen LogP contribution in [0.5, 0.6) is 0 Å². The molecule has 6 nitrogen and oxygen atoms in total. The van der Waals surface area contributed by atoms with Crippen LogP contribution in [0.4, 0.5) is 5.82 Å². The number of hydrogen-bond acceptors (Lipinski definition) is 6. The first-order chi connectivity index (χ1) is 16.0. The van der Waals surface area contributed by atoms with Crippen molar-refractivity contribution in [1.29, 1.82) is 0 Å². The molecule has 0 aliphatic carbocycles. The van der Waals surface area contributed by atoms with E-state index in [1.165, 1.54) is 28.1 Å². The fourth-order valence-corrected chi connectivity index (χ4v) is 5.44. The van der Waals surface area contributed by atoms with Crippen molar-refractivity contribution in [1.82, 2.24) is 14.3 Å². The molecule has 33 heavy (non-hydrogen) atoms. The molecule has 2 aliphatic heterocycles. The van der Waals surface area contributed by atoms with Crippen molar-refractivity contribution in [2.75, 3.05) is 18.0 Å². The maximum Gasteiger partial charge on any atom is 0.267 e. The molecule has 2 fully saturated rings. The molecule has 1 aromatic carbocycles. The van der Waals surface area contributed by atoms with Crippen molar-refractivity contribution in [2.24, 2.45) is 0 Å². The SMILES string of the molecule is Cc1ccc(CN2C(=O)/C(=C/c3c(N4CCCCC4)nc4ccccn4c3=O)SC2=S)cc1. The maximum absolute atomic E-state index is 13.5. The van der Waals surface area contributed by atoms with Crippen LogP contribution in [0.1, 0.15) is 36.0 Å². The average Bonchev–Trinajstić information content (AvgIpc) is 3.10. The number of hydrogen-bond donors (Lipinski definition) is 0. The zero-order chi connectivity index (χ0) is 22.9. The Morgan fingerprint density at radius 3 is 2.58 bits per heavy atom. The van der Waals surface area contributed by atoms with Gasteiger partial charge in [-0.2, -0.15) is 0 Å². The molecule has 2 aromatic heterocycles. The highest BCUT2D eigenvalue weighted by Crippen LogP contribution is 2.34. The van der Waals surface area contributed by atoms with Crippen LogP contribution < -0.4 is 10.5 Å². The molecule has 4 heterocycles. The summed E-state index contributed by atoms with van der Waals surface area (Å²) < 4.78 is 2.03. The van der Waals surface area contributed by atoms with Crippen molar-refractivity contribution in [3.8, 4) is 0 Å². The lowest BCUT2D eigenvalue weighted by atomic mass is 10.1. The fourth-order valence-electron chi connectivity index (χ4n) is 4.21. The molecule has 0 N–H and O–H groups in total. The van der Waals surface area contributed by atoms with E-state index in [4.69, 9.17) is 17.2 Å². The summed E-state index contributed by atoms with van der Waals surface area (Å²) in [5.74, 6) is 0.474. The topological polar surface area (TPSA) is 57.9 Å². The van der Waals surface area contributed by atoms with Crippen molar-refractivity contribution in [2.45, 2.75) is 32.7 Å². The Labute approximate surface area is 201 Å². The van der Waals surface area contributed by atoms with E-state index in [9.17, 15) is 9.59 Å². The van der Waals surface area contributed by atoms with E-state index in [1.807, 2.05) is 49.4 Å². The molecule has 168 valence electrons. The number of anilines is 1. The molecule has 5 rings (SSSR count). The second-order valence-corrected chi connectivity index (χ2v) is 10.1. The highest BCUT2D eigenvalue weighted by atomic mass is 32.2. The monoisotopic (exact) mass is 476 g/mol. The van der Waals surface area contributed by atoms with Gasteiger partial charge in [0.05, 0.1) is 17.0 Å². The van der Waals surface area contributed by atoms with Gasteiger partial charge in [-0.3, -0.25) is 18.9 Å². The van der Waals surface area contributed by atoms with Crippen LogP contribution in [0.2, 0.25) is 0 Å². The van der Waals surface area contributed by atoms with E-state index in [1.54, 1.807) is 17.2 Å². The predicted octanol–water partition coefficient (Wildman–Crippen LogP) is 4.39. The third-order valence-corrected chi connectivity index (χ3v) is 7.39. The number of aromatic nitrogens is 2. The van der Waals surface area contributed by atoms with Crippen LogP contribution in [0.3, 0.4) is 0 Å². The lowest BCUT2D eigenvalue weighted by Gasteiger charge is -2.29. The van der Waals surface area contributed by atoms with Gasteiger partial charge in [-0.1, -0.05) is 59.9 Å². The Bertz CT molecular complexity index is 1320. The number of thioether (sulfide) groups is 1. The summed E-state index contributed by atoms with van der Waals surface area (Å²) >= 11 is 6.76. The summed E-state index contributed by atoms with van der Waals surface area (Å²) in [6, 6.07) is 13.6. The Balaban J connectivity index is 1.54. The number of nitrogens with zero attached hydrogens (tertiary/aromatic N) is 4. The Hall–Kier alpha value is -2.97. The van der Waals surface area contributed by atoms with Gasteiger partial charge in [0.15, 0.2) is 0 Å². The summed E-state index contributed by atoms with van der Waals surface area (Å²) in [7, 11) is 0. The van der Waals surface area contributed by atoms with Crippen molar-refractivity contribution in [3.63, 3.8) is 0 Å². The molecule has 0 atom stereocenters. The minimum absolute atomic E-state index is 0.173. The molecule has 8 heteroatoms.